The highest BCUT2D eigenvalue weighted by molar-refractivity contribution is 7.09. The summed E-state index contributed by atoms with van der Waals surface area (Å²) in [6.45, 7) is 7.53. The van der Waals surface area contributed by atoms with Gasteiger partial charge >= 0.3 is 4.87 Å². The molecule has 2 N–H and O–H groups in total. The second kappa shape index (κ2) is 8.06. The number of thiazole rings is 1. The molecule has 0 saturated carbocycles. The molecule has 8 nitrogen and oxygen atoms in total. The third kappa shape index (κ3) is 4.45. The molecule has 1 aromatic rings. The van der Waals surface area contributed by atoms with Crippen LogP contribution in [0, 0.1) is 19.3 Å². The zero-order chi connectivity index (χ0) is 20.5. The number of carbonyl (C=O) groups is 3. The van der Waals surface area contributed by atoms with E-state index in [2.05, 4.69) is 17.6 Å². The number of hydrogen-bond acceptors (Lipinski definition) is 5. The number of rotatable bonds is 5. The molecular formula is C19H28N4O4S. The maximum Gasteiger partial charge on any atom is 0.308 e. The van der Waals surface area contributed by atoms with E-state index in [0.717, 1.165) is 23.4 Å². The van der Waals surface area contributed by atoms with Crippen molar-refractivity contribution in [2.24, 2.45) is 5.41 Å². The minimum absolute atomic E-state index is 0.0611. The molecule has 0 aromatic carbocycles. The monoisotopic (exact) mass is 408 g/mol. The van der Waals surface area contributed by atoms with Gasteiger partial charge in [-0.25, -0.2) is 0 Å². The van der Waals surface area contributed by atoms with Crippen molar-refractivity contribution >= 4 is 29.1 Å². The summed E-state index contributed by atoms with van der Waals surface area (Å²) in [5.41, 5.74) is 0.616. The summed E-state index contributed by atoms with van der Waals surface area (Å²) in [7, 11) is 0. The lowest BCUT2D eigenvalue weighted by Gasteiger charge is -2.40. The number of amides is 3. The van der Waals surface area contributed by atoms with E-state index in [1.807, 2.05) is 13.8 Å². The third-order valence-electron chi connectivity index (χ3n) is 5.80. The topological polar surface area (TPSA) is 101 Å². The molecule has 2 aliphatic rings. The van der Waals surface area contributed by atoms with Crippen LogP contribution in [0.3, 0.4) is 0 Å². The Bertz CT molecular complexity index is 845. The lowest BCUT2D eigenvalue weighted by atomic mass is 9.81. The van der Waals surface area contributed by atoms with Crippen LogP contribution in [0.2, 0.25) is 0 Å². The van der Waals surface area contributed by atoms with Crippen molar-refractivity contribution in [1.82, 2.24) is 20.1 Å². The van der Waals surface area contributed by atoms with E-state index in [1.165, 1.54) is 11.3 Å². The number of likely N-dealkylation sites (tertiary alicyclic amines) is 1. The smallest absolute Gasteiger partial charge is 0.308 e. The molecular weight excluding hydrogens is 380 g/mol. The molecule has 3 amide bonds. The van der Waals surface area contributed by atoms with Gasteiger partial charge in [0.1, 0.15) is 12.6 Å². The molecule has 2 atom stereocenters. The van der Waals surface area contributed by atoms with Crippen molar-refractivity contribution in [3.63, 3.8) is 0 Å². The number of piperidine rings is 1. The first-order valence-corrected chi connectivity index (χ1v) is 10.5. The summed E-state index contributed by atoms with van der Waals surface area (Å²) in [4.78, 5) is 51.0. The molecule has 2 fully saturated rings. The number of nitrogens with one attached hydrogen (secondary N) is 2. The Kier molecular flexibility index (Phi) is 5.92. The molecule has 3 heterocycles. The first kappa shape index (κ1) is 20.6. The first-order valence-electron chi connectivity index (χ1n) is 9.70. The number of carbonyl (C=O) groups excluding carboxylic acids is 3. The van der Waals surface area contributed by atoms with Crippen LogP contribution < -0.4 is 15.5 Å². The summed E-state index contributed by atoms with van der Waals surface area (Å²) in [5.74, 6) is -0.315. The summed E-state index contributed by atoms with van der Waals surface area (Å²) >= 11 is 1.17. The lowest BCUT2D eigenvalue weighted by Crippen LogP contribution is -2.52. The van der Waals surface area contributed by atoms with Gasteiger partial charge in [0.25, 0.3) is 0 Å². The van der Waals surface area contributed by atoms with Crippen LogP contribution in [0.25, 0.3) is 0 Å². The molecule has 28 heavy (non-hydrogen) atoms. The average molecular weight is 409 g/mol. The van der Waals surface area contributed by atoms with Gasteiger partial charge in [-0.1, -0.05) is 18.3 Å². The third-order valence-corrected chi connectivity index (χ3v) is 6.80. The largest absolute Gasteiger partial charge is 0.354 e. The molecule has 0 bridgehead atoms. The molecule has 3 rings (SSSR count). The highest BCUT2D eigenvalue weighted by Gasteiger charge is 2.35. The van der Waals surface area contributed by atoms with Crippen LogP contribution >= 0.6 is 11.3 Å². The predicted molar refractivity (Wildman–Crippen MR) is 106 cm³/mol. The van der Waals surface area contributed by atoms with Crippen LogP contribution in [0.1, 0.15) is 43.2 Å². The molecule has 1 unspecified atom stereocenters. The predicted octanol–water partition coefficient (Wildman–Crippen LogP) is 0.550. The quantitative estimate of drug-likeness (QED) is 0.743. The van der Waals surface area contributed by atoms with Gasteiger partial charge in [0.15, 0.2) is 0 Å². The van der Waals surface area contributed by atoms with E-state index in [9.17, 15) is 19.2 Å². The van der Waals surface area contributed by atoms with Crippen molar-refractivity contribution in [3.8, 4) is 0 Å². The van der Waals surface area contributed by atoms with Crippen molar-refractivity contribution in [2.45, 2.75) is 59.0 Å². The summed E-state index contributed by atoms with van der Waals surface area (Å²) in [6.07, 6.45) is 2.68. The fraction of sp³-hybridized carbons (Fsp3) is 0.684. The molecule has 2 aliphatic heterocycles. The van der Waals surface area contributed by atoms with Crippen molar-refractivity contribution in [2.75, 3.05) is 19.6 Å². The van der Waals surface area contributed by atoms with Crippen LogP contribution in [0.5, 0.6) is 0 Å². The zero-order valence-corrected chi connectivity index (χ0v) is 17.5. The second-order valence-corrected chi connectivity index (χ2v) is 9.37. The molecule has 0 spiro atoms. The SMILES string of the molecule is Cc1sc(=O)n(CC(=O)N2CCCC(C)(CNC(=O)[C@H]3CCC(=O)N3)C2)c1C. The average Bonchev–Trinajstić information content (AvgIpc) is 3.18. The Hall–Kier alpha value is -2.16. The van der Waals surface area contributed by atoms with Crippen LogP contribution in [0.4, 0.5) is 0 Å². The minimum atomic E-state index is -0.450. The van der Waals surface area contributed by atoms with E-state index in [0.29, 0.717) is 32.5 Å². The lowest BCUT2D eigenvalue weighted by molar-refractivity contribution is -0.135. The second-order valence-electron chi connectivity index (χ2n) is 8.20. The fourth-order valence-corrected chi connectivity index (χ4v) is 4.74. The first-order chi connectivity index (χ1) is 13.2. The van der Waals surface area contributed by atoms with Crippen LogP contribution in [-0.4, -0.2) is 52.9 Å². The Morgan fingerprint density at radius 1 is 1.32 bits per heavy atom. The van der Waals surface area contributed by atoms with Gasteiger partial charge < -0.3 is 15.5 Å². The Morgan fingerprint density at radius 3 is 2.68 bits per heavy atom. The van der Waals surface area contributed by atoms with E-state index in [4.69, 9.17) is 0 Å². The summed E-state index contributed by atoms with van der Waals surface area (Å²) in [5, 5.41) is 5.61. The van der Waals surface area contributed by atoms with Crippen LogP contribution in [-0.2, 0) is 20.9 Å². The number of nitrogens with zero attached hydrogens (tertiary/aromatic N) is 2. The Morgan fingerprint density at radius 2 is 2.07 bits per heavy atom. The minimum Gasteiger partial charge on any atom is -0.354 e. The van der Waals surface area contributed by atoms with Gasteiger partial charge in [0, 0.05) is 42.0 Å². The van der Waals surface area contributed by atoms with Crippen molar-refractivity contribution in [3.05, 3.63) is 20.2 Å². The number of hydrogen-bond donors (Lipinski definition) is 2. The zero-order valence-electron chi connectivity index (χ0n) is 16.7. The standard InChI is InChI=1S/C19H28N4O4S/c1-12-13(2)28-18(27)23(12)9-16(25)22-8-4-7-19(3,11-22)10-20-17(26)14-5-6-15(24)21-14/h14H,4-11H2,1-3H3,(H,20,26)(H,21,24)/t14-,19?/m1/s1. The molecule has 0 radical (unpaired) electrons. The molecule has 154 valence electrons. The van der Waals surface area contributed by atoms with Crippen molar-refractivity contribution < 1.29 is 14.4 Å². The molecule has 1 aromatic heterocycles. The normalized spacial score (nSPS) is 24.9. The van der Waals surface area contributed by atoms with Gasteiger partial charge in [-0.3, -0.25) is 23.7 Å². The van der Waals surface area contributed by atoms with E-state index < -0.39 is 6.04 Å². The van der Waals surface area contributed by atoms with Crippen molar-refractivity contribution in [1.29, 1.82) is 0 Å². The number of aromatic nitrogens is 1. The number of aryl methyl sites for hydroxylation is 1. The summed E-state index contributed by atoms with van der Waals surface area (Å²) < 4.78 is 1.54. The Balaban J connectivity index is 1.57. The van der Waals surface area contributed by atoms with Gasteiger partial charge in [-0.15, -0.1) is 0 Å². The maximum atomic E-state index is 12.8. The fourth-order valence-electron chi connectivity index (χ4n) is 3.91. The van der Waals surface area contributed by atoms with Gasteiger partial charge in [0.2, 0.25) is 17.7 Å². The molecule has 2 saturated heterocycles. The van der Waals surface area contributed by atoms with Gasteiger partial charge in [0.05, 0.1) is 0 Å². The molecule has 0 aliphatic carbocycles. The van der Waals surface area contributed by atoms with Gasteiger partial charge in [-0.05, 0) is 33.1 Å². The Labute approximate surface area is 168 Å². The maximum absolute atomic E-state index is 12.8. The highest BCUT2D eigenvalue weighted by Crippen LogP contribution is 2.29. The van der Waals surface area contributed by atoms with Gasteiger partial charge in [-0.2, -0.15) is 0 Å². The van der Waals surface area contributed by atoms with E-state index in [-0.39, 0.29) is 34.6 Å². The summed E-state index contributed by atoms with van der Waals surface area (Å²) in [6, 6.07) is -0.450. The van der Waals surface area contributed by atoms with E-state index >= 15 is 0 Å². The van der Waals surface area contributed by atoms with E-state index in [1.54, 1.807) is 9.47 Å². The van der Waals surface area contributed by atoms with Crippen LogP contribution in [0.15, 0.2) is 4.79 Å². The molecule has 9 heteroatoms. The highest BCUT2D eigenvalue weighted by atomic mass is 32.1.